The van der Waals surface area contributed by atoms with Gasteiger partial charge in [-0.3, -0.25) is 5.01 Å². The van der Waals surface area contributed by atoms with E-state index in [2.05, 4.69) is 26.0 Å². The first-order valence-electron chi connectivity index (χ1n) is 11.0. The summed E-state index contributed by atoms with van der Waals surface area (Å²) in [6.07, 6.45) is 0. The lowest BCUT2D eigenvalue weighted by molar-refractivity contribution is 0.143. The van der Waals surface area contributed by atoms with Crippen molar-refractivity contribution in [3.63, 3.8) is 0 Å². The quantitative estimate of drug-likeness (QED) is 0.180. The lowest BCUT2D eigenvalue weighted by atomic mass is 9.95. The Kier molecular flexibility index (Phi) is 10.0. The second-order valence-corrected chi connectivity index (χ2v) is 7.94. The maximum Gasteiger partial charge on any atom is 0.338 e. The molecule has 0 radical (unpaired) electrons. The molecule has 0 fully saturated rings. The fraction of sp³-hybridized carbons (Fsp3) is 0.478. The van der Waals surface area contributed by atoms with Crippen molar-refractivity contribution >= 4 is 29.1 Å². The number of aryl methyl sites for hydroxylation is 1. The molecule has 11 heteroatoms. The molecule has 2 aromatic heterocycles. The van der Waals surface area contributed by atoms with Gasteiger partial charge in [-0.05, 0) is 37.5 Å². The zero-order chi connectivity index (χ0) is 25.3. The number of carbonyl (C=O) groups excluding carboxylic acids is 1. The predicted octanol–water partition coefficient (Wildman–Crippen LogP) is 2.90. The summed E-state index contributed by atoms with van der Waals surface area (Å²) in [5, 5.41) is 25.0. The Bertz CT molecular complexity index is 998. The lowest BCUT2D eigenvalue weighted by Crippen LogP contribution is -2.46. The van der Waals surface area contributed by atoms with E-state index in [0.717, 1.165) is 11.1 Å². The van der Waals surface area contributed by atoms with E-state index in [1.54, 1.807) is 40.1 Å². The Morgan fingerprint density at radius 2 is 1.97 bits per heavy atom. The monoisotopic (exact) mass is 473 g/mol. The Morgan fingerprint density at radius 1 is 1.24 bits per heavy atom. The molecule has 11 nitrogen and oxygen atoms in total. The third-order valence-electron chi connectivity index (χ3n) is 4.83. The van der Waals surface area contributed by atoms with Crippen LogP contribution in [-0.2, 0) is 4.74 Å². The molecular formula is C23H35N7O4. The van der Waals surface area contributed by atoms with Gasteiger partial charge in [0.05, 0.1) is 19.8 Å². The van der Waals surface area contributed by atoms with Gasteiger partial charge in [0, 0.05) is 42.9 Å². The number of nitrogens with one attached hydrogen (secondary N) is 4. The number of hydrazine groups is 1. The van der Waals surface area contributed by atoms with Crippen LogP contribution in [0.1, 0.15) is 43.5 Å². The molecule has 2 rings (SSSR count). The summed E-state index contributed by atoms with van der Waals surface area (Å²) in [4.78, 5) is 21.7. The molecule has 2 amide bonds. The number of hydrogen-bond acceptors (Lipinski definition) is 9. The minimum Gasteiger partial charge on any atom is -0.475 e. The van der Waals surface area contributed by atoms with Crippen LogP contribution in [0.2, 0.25) is 0 Å². The second-order valence-electron chi connectivity index (χ2n) is 7.94. The summed E-state index contributed by atoms with van der Waals surface area (Å²) in [7, 11) is 3.32. The van der Waals surface area contributed by atoms with Gasteiger partial charge in [-0.1, -0.05) is 13.8 Å². The van der Waals surface area contributed by atoms with E-state index in [1.807, 2.05) is 19.9 Å². The van der Waals surface area contributed by atoms with E-state index in [-0.39, 0.29) is 19.1 Å². The zero-order valence-electron chi connectivity index (χ0n) is 20.7. The van der Waals surface area contributed by atoms with Gasteiger partial charge in [-0.25, -0.2) is 20.2 Å². The first-order valence-corrected chi connectivity index (χ1v) is 11.0. The van der Waals surface area contributed by atoms with Crippen LogP contribution in [0.25, 0.3) is 0 Å². The fourth-order valence-corrected chi connectivity index (χ4v) is 3.34. The number of amides is 2. The highest BCUT2D eigenvalue weighted by molar-refractivity contribution is 6.02. The van der Waals surface area contributed by atoms with E-state index >= 15 is 0 Å². The number of aromatic nitrogens is 2. The topological polar surface area (TPSA) is 145 Å². The van der Waals surface area contributed by atoms with E-state index in [9.17, 15) is 9.90 Å². The maximum absolute atomic E-state index is 12.8. The van der Waals surface area contributed by atoms with E-state index in [1.165, 1.54) is 5.01 Å². The minimum atomic E-state index is -0.520. The first-order chi connectivity index (χ1) is 16.2. The first kappa shape index (κ1) is 26.8. The molecule has 0 aliphatic heterocycles. The summed E-state index contributed by atoms with van der Waals surface area (Å²) < 4.78 is 10.5. The number of ether oxygens (including phenoxy) is 2. The predicted molar refractivity (Wildman–Crippen MR) is 133 cm³/mol. The van der Waals surface area contributed by atoms with Crippen molar-refractivity contribution in [1.82, 2.24) is 15.4 Å². The summed E-state index contributed by atoms with van der Waals surface area (Å²) in [5.74, 6) is 1.46. The van der Waals surface area contributed by atoms with Crippen molar-refractivity contribution in [1.29, 1.82) is 5.41 Å². The SMILES string of the molecule is CNc1nc(N(CCO)NC(=O)Nc2cc(C)nc(OCCOC)c2)cc(C(C)C)c1C(C)=N. The summed E-state index contributed by atoms with van der Waals surface area (Å²) in [6.45, 7) is 8.24. The van der Waals surface area contributed by atoms with Gasteiger partial charge in [0.1, 0.15) is 18.2 Å². The number of pyridine rings is 2. The number of hydrogen-bond donors (Lipinski definition) is 5. The molecule has 0 saturated heterocycles. The smallest absolute Gasteiger partial charge is 0.338 e. The average molecular weight is 474 g/mol. The molecule has 0 aromatic carbocycles. The largest absolute Gasteiger partial charge is 0.475 e. The molecule has 0 unspecified atom stereocenters. The van der Waals surface area contributed by atoms with Crippen LogP contribution in [0, 0.1) is 12.3 Å². The highest BCUT2D eigenvalue weighted by Gasteiger charge is 2.20. The molecule has 2 heterocycles. The standard InChI is InChI=1S/C23H35N7O4/c1-14(2)18-13-19(28-22(25-5)21(18)16(4)24)30(7-8-31)29-23(32)27-17-11-15(3)26-20(12-17)34-10-9-33-6/h11-14,24,31H,7-10H2,1-6H3,(H,25,28)(H2,26,27,29,32). The molecular weight excluding hydrogens is 438 g/mol. The zero-order valence-corrected chi connectivity index (χ0v) is 20.7. The van der Waals surface area contributed by atoms with Crippen LogP contribution < -0.4 is 25.8 Å². The van der Waals surface area contributed by atoms with Crippen molar-refractivity contribution in [2.24, 2.45) is 0 Å². The third-order valence-corrected chi connectivity index (χ3v) is 4.83. The van der Waals surface area contributed by atoms with Gasteiger partial charge in [-0.15, -0.1) is 0 Å². The molecule has 0 bridgehead atoms. The molecule has 0 atom stereocenters. The van der Waals surface area contributed by atoms with Crippen LogP contribution in [0.15, 0.2) is 18.2 Å². The van der Waals surface area contributed by atoms with Gasteiger partial charge < -0.3 is 30.6 Å². The van der Waals surface area contributed by atoms with E-state index in [0.29, 0.717) is 47.8 Å². The number of carbonyl (C=O) groups is 1. The molecule has 0 aliphatic carbocycles. The summed E-state index contributed by atoms with van der Waals surface area (Å²) in [5.41, 5.74) is 5.95. The number of rotatable bonds is 12. The number of aliphatic hydroxyl groups excluding tert-OH is 1. The van der Waals surface area contributed by atoms with Crippen molar-refractivity contribution < 1.29 is 19.4 Å². The van der Waals surface area contributed by atoms with Crippen molar-refractivity contribution in [3.05, 3.63) is 35.0 Å². The second kappa shape index (κ2) is 12.7. The number of urea groups is 1. The van der Waals surface area contributed by atoms with Gasteiger partial charge in [0.25, 0.3) is 0 Å². The molecule has 0 aliphatic rings. The number of anilines is 3. The maximum atomic E-state index is 12.8. The summed E-state index contributed by atoms with van der Waals surface area (Å²) >= 11 is 0. The van der Waals surface area contributed by atoms with Gasteiger partial charge in [-0.2, -0.15) is 0 Å². The van der Waals surface area contributed by atoms with Crippen LogP contribution >= 0.6 is 0 Å². The van der Waals surface area contributed by atoms with Crippen LogP contribution in [-0.4, -0.2) is 67.3 Å². The van der Waals surface area contributed by atoms with Crippen molar-refractivity contribution in [2.75, 3.05) is 56.2 Å². The van der Waals surface area contributed by atoms with Crippen molar-refractivity contribution in [3.8, 4) is 5.88 Å². The van der Waals surface area contributed by atoms with Crippen molar-refractivity contribution in [2.45, 2.75) is 33.6 Å². The average Bonchev–Trinajstić information content (AvgIpc) is 2.77. The molecule has 2 aromatic rings. The lowest BCUT2D eigenvalue weighted by Gasteiger charge is -2.26. The Labute approximate surface area is 200 Å². The van der Waals surface area contributed by atoms with Crippen LogP contribution in [0.4, 0.5) is 22.1 Å². The highest BCUT2D eigenvalue weighted by Crippen LogP contribution is 2.29. The fourth-order valence-electron chi connectivity index (χ4n) is 3.34. The Morgan fingerprint density at radius 3 is 2.56 bits per heavy atom. The molecule has 0 saturated carbocycles. The Hall–Kier alpha value is -3.44. The van der Waals surface area contributed by atoms with Crippen LogP contribution in [0.3, 0.4) is 0 Å². The number of methoxy groups -OCH3 is 1. The molecule has 186 valence electrons. The van der Waals surface area contributed by atoms with Gasteiger partial charge in [0.2, 0.25) is 5.88 Å². The van der Waals surface area contributed by atoms with Crippen LogP contribution in [0.5, 0.6) is 5.88 Å². The normalized spacial score (nSPS) is 10.7. The number of nitrogens with zero attached hydrogens (tertiary/aromatic N) is 3. The summed E-state index contributed by atoms with van der Waals surface area (Å²) in [6, 6.07) is 4.64. The van der Waals surface area contributed by atoms with E-state index in [4.69, 9.17) is 14.9 Å². The molecule has 5 N–H and O–H groups in total. The molecule has 34 heavy (non-hydrogen) atoms. The highest BCUT2D eigenvalue weighted by atomic mass is 16.5. The Balaban J connectivity index is 2.27. The van der Waals surface area contributed by atoms with Gasteiger partial charge >= 0.3 is 6.03 Å². The molecule has 0 spiro atoms. The minimum absolute atomic E-state index is 0.116. The van der Waals surface area contributed by atoms with Gasteiger partial charge in [0.15, 0.2) is 0 Å². The number of aliphatic hydroxyl groups is 1. The van der Waals surface area contributed by atoms with E-state index < -0.39 is 6.03 Å². The third kappa shape index (κ3) is 7.29.